The van der Waals surface area contributed by atoms with Gasteiger partial charge in [0, 0.05) is 29.7 Å². The van der Waals surface area contributed by atoms with Gasteiger partial charge in [0.15, 0.2) is 11.5 Å². The Kier molecular flexibility index (Phi) is 6.87. The van der Waals surface area contributed by atoms with E-state index in [2.05, 4.69) is 5.32 Å². The van der Waals surface area contributed by atoms with Gasteiger partial charge in [-0.2, -0.15) is 0 Å². The molecule has 0 bridgehead atoms. The Morgan fingerprint density at radius 3 is 2.72 bits per heavy atom. The fraction of sp³-hybridized carbons (Fsp3) is 0.333. The van der Waals surface area contributed by atoms with Gasteiger partial charge in [-0.3, -0.25) is 4.79 Å². The van der Waals surface area contributed by atoms with Crippen molar-refractivity contribution in [2.24, 2.45) is 5.73 Å². The molecule has 0 spiro atoms. The summed E-state index contributed by atoms with van der Waals surface area (Å²) < 4.78 is 5.16. The molecule has 2 aromatic carbocycles. The quantitative estimate of drug-likeness (QED) is 0.543. The molecule has 0 heterocycles. The van der Waals surface area contributed by atoms with Gasteiger partial charge in [-0.05, 0) is 42.7 Å². The van der Waals surface area contributed by atoms with Crippen molar-refractivity contribution in [3.63, 3.8) is 0 Å². The summed E-state index contributed by atoms with van der Waals surface area (Å²) in [5.41, 5.74) is 6.79. The lowest BCUT2D eigenvalue weighted by molar-refractivity contribution is -0.117. The number of phenolic OH excluding ortho intramolecular Hbond substituents is 1. The van der Waals surface area contributed by atoms with Crippen LogP contribution in [0.2, 0.25) is 0 Å². The molecule has 3 amide bonds. The van der Waals surface area contributed by atoms with E-state index >= 15 is 0 Å². The Labute approximate surface area is 174 Å². The number of hydrogen-bond donors (Lipinski definition) is 3. The molecule has 1 fully saturated rings. The fourth-order valence-electron chi connectivity index (χ4n) is 2.91. The molecule has 4 N–H and O–H groups in total. The van der Waals surface area contributed by atoms with E-state index < -0.39 is 0 Å². The summed E-state index contributed by atoms with van der Waals surface area (Å²) in [6.07, 6.45) is 2.22. The number of benzene rings is 2. The first kappa shape index (κ1) is 20.9. The second-order valence-electron chi connectivity index (χ2n) is 6.86. The number of primary amides is 1. The number of ether oxygens (including phenoxy) is 1. The van der Waals surface area contributed by atoms with Gasteiger partial charge in [-0.25, -0.2) is 4.79 Å². The molecule has 8 heteroatoms. The van der Waals surface area contributed by atoms with Crippen LogP contribution >= 0.6 is 11.8 Å². The van der Waals surface area contributed by atoms with Crippen molar-refractivity contribution < 1.29 is 19.4 Å². The number of methoxy groups -OCH3 is 1. The number of urea groups is 1. The molecular formula is C21H25N3O4S. The van der Waals surface area contributed by atoms with E-state index in [9.17, 15) is 14.7 Å². The summed E-state index contributed by atoms with van der Waals surface area (Å²) in [6.45, 7) is 0.421. The minimum absolute atomic E-state index is 0.0700. The minimum Gasteiger partial charge on any atom is -0.504 e. The van der Waals surface area contributed by atoms with Crippen molar-refractivity contribution in [3.8, 4) is 11.5 Å². The standard InChI is InChI=1S/C21H25N3O4S/c1-28-18-12-14(6-9-17(18)25)13-24(15-7-8-15)21(27)23-16-4-2-3-5-19(16)29-11-10-20(22)26/h2-6,9,12,15,25H,7-8,10-11,13H2,1H3,(H2,22,26)(H,23,27). The third kappa shape index (κ3) is 5.80. The lowest BCUT2D eigenvalue weighted by atomic mass is 10.2. The van der Waals surface area contributed by atoms with Crippen LogP contribution < -0.4 is 15.8 Å². The van der Waals surface area contributed by atoms with Crippen LogP contribution in [0.3, 0.4) is 0 Å². The van der Waals surface area contributed by atoms with E-state index in [1.807, 2.05) is 24.3 Å². The summed E-state index contributed by atoms with van der Waals surface area (Å²) in [5.74, 6) is 0.667. The largest absolute Gasteiger partial charge is 0.504 e. The topological polar surface area (TPSA) is 105 Å². The van der Waals surface area contributed by atoms with Crippen molar-refractivity contribution >= 4 is 29.4 Å². The number of carbonyl (C=O) groups excluding carboxylic acids is 2. The molecule has 0 atom stereocenters. The molecule has 1 saturated carbocycles. The van der Waals surface area contributed by atoms with Crippen molar-refractivity contribution in [3.05, 3.63) is 48.0 Å². The number of phenols is 1. The van der Waals surface area contributed by atoms with Crippen LogP contribution in [-0.2, 0) is 11.3 Å². The fourth-order valence-corrected chi connectivity index (χ4v) is 3.89. The van der Waals surface area contributed by atoms with E-state index in [0.717, 1.165) is 23.3 Å². The molecule has 0 aliphatic heterocycles. The first-order chi connectivity index (χ1) is 14.0. The van der Waals surface area contributed by atoms with Gasteiger partial charge in [0.1, 0.15) is 0 Å². The Balaban J connectivity index is 1.70. The van der Waals surface area contributed by atoms with Crippen LogP contribution in [0.15, 0.2) is 47.4 Å². The lowest BCUT2D eigenvalue weighted by Crippen LogP contribution is -2.36. The van der Waals surface area contributed by atoms with Crippen molar-refractivity contribution in [1.82, 2.24) is 4.90 Å². The number of aromatic hydroxyl groups is 1. The third-order valence-electron chi connectivity index (χ3n) is 4.58. The van der Waals surface area contributed by atoms with Gasteiger partial charge in [0.05, 0.1) is 12.8 Å². The van der Waals surface area contributed by atoms with E-state index in [4.69, 9.17) is 10.5 Å². The average Bonchev–Trinajstić information content (AvgIpc) is 3.53. The monoisotopic (exact) mass is 415 g/mol. The molecule has 154 valence electrons. The Hall–Kier alpha value is -2.87. The molecule has 0 aromatic heterocycles. The number of nitrogens with zero attached hydrogens (tertiary/aromatic N) is 1. The zero-order valence-corrected chi connectivity index (χ0v) is 17.1. The molecule has 0 unspecified atom stereocenters. The molecule has 7 nitrogen and oxygen atoms in total. The van der Waals surface area contributed by atoms with Gasteiger partial charge in [0.2, 0.25) is 5.91 Å². The SMILES string of the molecule is COc1cc(CN(C(=O)Nc2ccccc2SCCC(N)=O)C2CC2)ccc1O. The number of amides is 3. The predicted molar refractivity (Wildman–Crippen MR) is 113 cm³/mol. The highest BCUT2D eigenvalue weighted by Gasteiger charge is 2.33. The second kappa shape index (κ2) is 9.56. The maximum Gasteiger partial charge on any atom is 0.322 e. The van der Waals surface area contributed by atoms with Gasteiger partial charge in [-0.15, -0.1) is 11.8 Å². The second-order valence-corrected chi connectivity index (χ2v) is 7.99. The van der Waals surface area contributed by atoms with Crippen LogP contribution in [0.25, 0.3) is 0 Å². The third-order valence-corrected chi connectivity index (χ3v) is 5.66. The number of nitrogens with two attached hydrogens (primary N) is 1. The number of rotatable bonds is 9. The smallest absolute Gasteiger partial charge is 0.322 e. The minimum atomic E-state index is -0.344. The van der Waals surface area contributed by atoms with Crippen molar-refractivity contribution in [2.45, 2.75) is 36.7 Å². The number of hydrogen-bond acceptors (Lipinski definition) is 5. The Morgan fingerprint density at radius 2 is 2.03 bits per heavy atom. The molecule has 0 saturated heterocycles. The molecule has 1 aliphatic carbocycles. The van der Waals surface area contributed by atoms with Crippen LogP contribution in [-0.4, -0.2) is 40.8 Å². The molecule has 1 aliphatic rings. The van der Waals surface area contributed by atoms with Crippen LogP contribution in [0.5, 0.6) is 11.5 Å². The zero-order valence-electron chi connectivity index (χ0n) is 16.3. The lowest BCUT2D eigenvalue weighted by Gasteiger charge is -2.24. The van der Waals surface area contributed by atoms with E-state index in [1.54, 1.807) is 23.1 Å². The number of thioether (sulfide) groups is 1. The van der Waals surface area contributed by atoms with Gasteiger partial charge in [-0.1, -0.05) is 18.2 Å². The Bertz CT molecular complexity index is 886. The highest BCUT2D eigenvalue weighted by molar-refractivity contribution is 7.99. The number of carbonyl (C=O) groups is 2. The number of anilines is 1. The molecule has 3 rings (SSSR count). The maximum absolute atomic E-state index is 13.0. The first-order valence-electron chi connectivity index (χ1n) is 9.41. The van der Waals surface area contributed by atoms with Gasteiger partial charge < -0.3 is 25.8 Å². The maximum atomic E-state index is 13.0. The van der Waals surface area contributed by atoms with E-state index in [1.165, 1.54) is 18.9 Å². The molecule has 2 aromatic rings. The normalized spacial score (nSPS) is 13.0. The number of nitrogens with one attached hydrogen (secondary N) is 1. The van der Waals surface area contributed by atoms with E-state index in [0.29, 0.717) is 23.7 Å². The van der Waals surface area contributed by atoms with Gasteiger partial charge >= 0.3 is 6.03 Å². The summed E-state index contributed by atoms with van der Waals surface area (Å²) >= 11 is 1.49. The van der Waals surface area contributed by atoms with E-state index in [-0.39, 0.29) is 30.2 Å². The summed E-state index contributed by atoms with van der Waals surface area (Å²) in [5, 5.41) is 12.8. The van der Waals surface area contributed by atoms with Crippen LogP contribution in [0.4, 0.5) is 10.5 Å². The summed E-state index contributed by atoms with van der Waals surface area (Å²) in [7, 11) is 1.50. The zero-order chi connectivity index (χ0) is 20.8. The van der Waals surface area contributed by atoms with Crippen LogP contribution in [0.1, 0.15) is 24.8 Å². The highest BCUT2D eigenvalue weighted by atomic mass is 32.2. The van der Waals surface area contributed by atoms with Gasteiger partial charge in [0.25, 0.3) is 0 Å². The van der Waals surface area contributed by atoms with Crippen LogP contribution in [0, 0.1) is 0 Å². The first-order valence-corrected chi connectivity index (χ1v) is 10.4. The average molecular weight is 416 g/mol. The summed E-state index contributed by atoms with van der Waals surface area (Å²) in [4.78, 5) is 26.7. The summed E-state index contributed by atoms with van der Waals surface area (Å²) in [6, 6.07) is 12.6. The highest BCUT2D eigenvalue weighted by Crippen LogP contribution is 2.33. The molecular weight excluding hydrogens is 390 g/mol. The molecule has 0 radical (unpaired) electrons. The van der Waals surface area contributed by atoms with Crippen molar-refractivity contribution in [2.75, 3.05) is 18.2 Å². The number of para-hydroxylation sites is 1. The molecule has 29 heavy (non-hydrogen) atoms. The van der Waals surface area contributed by atoms with Crippen molar-refractivity contribution in [1.29, 1.82) is 0 Å². The Morgan fingerprint density at radius 1 is 1.28 bits per heavy atom. The predicted octanol–water partition coefficient (Wildman–Crippen LogP) is 3.56.